The van der Waals surface area contributed by atoms with Crippen LogP contribution in [0, 0.1) is 0 Å². The Bertz CT molecular complexity index is 534. The van der Waals surface area contributed by atoms with Crippen LogP contribution in [-0.4, -0.2) is 6.54 Å². The van der Waals surface area contributed by atoms with Crippen molar-refractivity contribution in [2.24, 2.45) is 10.2 Å². The Morgan fingerprint density at radius 3 is 1.32 bits per heavy atom. The molecule has 0 aromatic heterocycles. The zero-order valence-corrected chi connectivity index (χ0v) is 20.6. The Morgan fingerprint density at radius 1 is 0.516 bits per heavy atom. The van der Waals surface area contributed by atoms with Crippen LogP contribution in [0.5, 0.6) is 0 Å². The number of rotatable bonds is 22. The van der Waals surface area contributed by atoms with Gasteiger partial charge in [0.2, 0.25) is 4.91 Å². The molecule has 0 radical (unpaired) electrons. The van der Waals surface area contributed by atoms with Crippen LogP contribution in [0.15, 0.2) is 40.6 Å². The Balaban J connectivity index is 1.71. The van der Waals surface area contributed by atoms with E-state index < -0.39 is 0 Å². The molecule has 0 spiro atoms. The normalized spacial score (nSPS) is 10.7. The van der Waals surface area contributed by atoms with Crippen LogP contribution < -0.4 is 4.91 Å². The van der Waals surface area contributed by atoms with E-state index in [0.717, 1.165) is 18.7 Å². The van der Waals surface area contributed by atoms with E-state index in [1.807, 2.05) is 30.3 Å². The summed E-state index contributed by atoms with van der Waals surface area (Å²) in [4.78, 5) is 3.91. The third kappa shape index (κ3) is 20.2. The maximum absolute atomic E-state index is 4.14. The maximum Gasteiger partial charge on any atom is 0.222 e. The average Bonchev–Trinajstić information content (AvgIpc) is 2.80. The highest BCUT2D eigenvalue weighted by molar-refractivity contribution is 5.34. The van der Waals surface area contributed by atoms with Crippen molar-refractivity contribution < 1.29 is 0 Å². The first-order chi connectivity index (χ1) is 15.4. The molecule has 1 aromatic rings. The molecule has 31 heavy (non-hydrogen) atoms. The van der Waals surface area contributed by atoms with Crippen LogP contribution in [0.4, 0.5) is 5.69 Å². The first-order valence-electron chi connectivity index (χ1n) is 13.6. The highest BCUT2D eigenvalue weighted by Gasteiger charge is 1.96. The fourth-order valence-electron chi connectivity index (χ4n) is 4.06. The van der Waals surface area contributed by atoms with E-state index in [1.54, 1.807) is 0 Å². The predicted octanol–water partition coefficient (Wildman–Crippen LogP) is 10.1. The van der Waals surface area contributed by atoms with Gasteiger partial charge in [-0.1, -0.05) is 147 Å². The van der Waals surface area contributed by atoms with E-state index in [0.29, 0.717) is 0 Å². The number of nitrogens with zero attached hydrogens (tertiary/aromatic N) is 3. The van der Waals surface area contributed by atoms with Crippen molar-refractivity contribution >= 4 is 5.69 Å². The highest BCUT2D eigenvalue weighted by Crippen LogP contribution is 2.14. The van der Waals surface area contributed by atoms with Crippen LogP contribution in [-0.2, 0) is 0 Å². The molecule has 0 saturated heterocycles. The van der Waals surface area contributed by atoms with Gasteiger partial charge in [-0.3, -0.25) is 0 Å². The number of benzene rings is 1. The van der Waals surface area contributed by atoms with Crippen LogP contribution in [0.25, 0.3) is 0 Å². The molecule has 3 nitrogen and oxygen atoms in total. The van der Waals surface area contributed by atoms with Crippen LogP contribution >= 0.6 is 0 Å². The first kappa shape index (κ1) is 27.6. The number of hydrogen-bond acceptors (Lipinski definition) is 2. The maximum atomic E-state index is 4.14. The van der Waals surface area contributed by atoms with Gasteiger partial charge in [-0.2, -0.15) is 0 Å². The number of unbranched alkanes of at least 4 members (excludes halogenated alkanes) is 19. The molecule has 0 amide bonds. The molecule has 0 atom stereocenters. The summed E-state index contributed by atoms with van der Waals surface area (Å²) in [6.45, 7) is 3.10. The Morgan fingerprint density at radius 2 is 0.903 bits per heavy atom. The molecule has 0 N–H and O–H groups in total. The lowest BCUT2D eigenvalue weighted by Crippen LogP contribution is -1.85. The summed E-state index contributed by atoms with van der Waals surface area (Å²) in [6, 6.07) is 9.80. The molecule has 0 fully saturated rings. The standard InChI is InChI=1S/C28H50N3/c1-2-3-4-5-6-7-8-9-10-11-12-13-14-15-16-17-18-19-20-24-27-29-31-30-28-25-22-21-23-26-28/h21-23,25-26H,2-20,24,27H2,1H3/q+1. The Labute approximate surface area is 193 Å². The topological polar surface area (TPSA) is 38.8 Å². The minimum absolute atomic E-state index is 0.801. The molecule has 3 heteroatoms. The summed E-state index contributed by atoms with van der Waals surface area (Å²) in [5, 5.41) is 8.23. The Hall–Kier alpha value is -1.47. The minimum atomic E-state index is 0.801. The summed E-state index contributed by atoms with van der Waals surface area (Å²) in [5.41, 5.74) is 0.870. The summed E-state index contributed by atoms with van der Waals surface area (Å²) in [6.07, 6.45) is 28.3. The van der Waals surface area contributed by atoms with Gasteiger partial charge >= 0.3 is 0 Å². The third-order valence-electron chi connectivity index (χ3n) is 6.09. The summed E-state index contributed by atoms with van der Waals surface area (Å²) in [5.74, 6) is 0. The van der Waals surface area contributed by atoms with Gasteiger partial charge in [-0.05, 0) is 18.6 Å². The van der Waals surface area contributed by atoms with Crippen molar-refractivity contribution in [2.75, 3.05) is 6.54 Å². The second kappa shape index (κ2) is 23.2. The summed E-state index contributed by atoms with van der Waals surface area (Å²) in [7, 11) is 0. The third-order valence-corrected chi connectivity index (χ3v) is 6.09. The molecule has 0 aliphatic rings. The second-order valence-corrected chi connectivity index (χ2v) is 9.11. The highest BCUT2D eigenvalue weighted by atomic mass is 15.2. The van der Waals surface area contributed by atoms with Crippen molar-refractivity contribution in [1.29, 1.82) is 0 Å². The van der Waals surface area contributed by atoms with Gasteiger partial charge in [-0.25, -0.2) is 0 Å². The van der Waals surface area contributed by atoms with E-state index in [-0.39, 0.29) is 0 Å². The molecule has 0 heterocycles. The zero-order valence-electron chi connectivity index (χ0n) is 20.6. The molecule has 1 aromatic carbocycles. The molecule has 1 rings (SSSR count). The van der Waals surface area contributed by atoms with Gasteiger partial charge in [-0.15, -0.1) is 0 Å². The molecule has 0 aliphatic carbocycles. The van der Waals surface area contributed by atoms with E-state index in [2.05, 4.69) is 22.1 Å². The quantitative estimate of drug-likeness (QED) is 0.100. The molecule has 0 unspecified atom stereocenters. The first-order valence-corrected chi connectivity index (χ1v) is 13.6. The number of hydrogen-bond donors (Lipinski definition) is 0. The van der Waals surface area contributed by atoms with E-state index >= 15 is 0 Å². The summed E-state index contributed by atoms with van der Waals surface area (Å²) < 4.78 is 0. The SMILES string of the molecule is CCCCCCCCCCCCCCCCCCCCCCN=[N+]=Nc1ccccc1. The van der Waals surface area contributed by atoms with Crippen LogP contribution in [0.1, 0.15) is 135 Å². The molecular weight excluding hydrogens is 378 g/mol. The van der Waals surface area contributed by atoms with Gasteiger partial charge in [0.05, 0.1) is 0 Å². The molecule has 0 saturated carbocycles. The van der Waals surface area contributed by atoms with E-state index in [4.69, 9.17) is 0 Å². The van der Waals surface area contributed by atoms with E-state index in [1.165, 1.54) is 122 Å². The smallest absolute Gasteiger partial charge is 0.0654 e. The Kier molecular flexibility index (Phi) is 20.6. The molecule has 0 bridgehead atoms. The fraction of sp³-hybridized carbons (Fsp3) is 0.786. The lowest BCUT2D eigenvalue weighted by Gasteiger charge is -2.03. The molecular formula is C28H50N3+. The lowest BCUT2D eigenvalue weighted by atomic mass is 10.0. The van der Waals surface area contributed by atoms with Crippen LogP contribution in [0.3, 0.4) is 0 Å². The largest absolute Gasteiger partial charge is 0.222 e. The van der Waals surface area contributed by atoms with Gasteiger partial charge in [0, 0.05) is 0 Å². The van der Waals surface area contributed by atoms with Crippen molar-refractivity contribution in [3.8, 4) is 0 Å². The minimum Gasteiger partial charge on any atom is -0.0654 e. The van der Waals surface area contributed by atoms with Gasteiger partial charge in [0.1, 0.15) is 11.7 Å². The lowest BCUT2D eigenvalue weighted by molar-refractivity contribution is 0.522. The molecule has 0 aliphatic heterocycles. The van der Waals surface area contributed by atoms with Crippen LogP contribution in [0.2, 0.25) is 0 Å². The van der Waals surface area contributed by atoms with Gasteiger partial charge < -0.3 is 0 Å². The molecule has 176 valence electrons. The second-order valence-electron chi connectivity index (χ2n) is 9.11. The summed E-state index contributed by atoms with van der Waals surface area (Å²) >= 11 is 0. The van der Waals surface area contributed by atoms with Crippen molar-refractivity contribution in [3.63, 3.8) is 0 Å². The van der Waals surface area contributed by atoms with E-state index in [9.17, 15) is 0 Å². The van der Waals surface area contributed by atoms with Gasteiger partial charge in [0.15, 0.2) is 10.8 Å². The van der Waals surface area contributed by atoms with Crippen molar-refractivity contribution in [2.45, 2.75) is 135 Å². The van der Waals surface area contributed by atoms with Gasteiger partial charge in [0.25, 0.3) is 0 Å². The monoisotopic (exact) mass is 428 g/mol. The zero-order chi connectivity index (χ0) is 22.1. The van der Waals surface area contributed by atoms with Crippen molar-refractivity contribution in [3.05, 3.63) is 30.3 Å². The fourth-order valence-corrected chi connectivity index (χ4v) is 4.06. The predicted molar refractivity (Wildman–Crippen MR) is 136 cm³/mol. The average molecular weight is 429 g/mol. The van der Waals surface area contributed by atoms with Crippen molar-refractivity contribution in [1.82, 2.24) is 4.91 Å².